The van der Waals surface area contributed by atoms with E-state index in [2.05, 4.69) is 10.6 Å². The third-order valence-electron chi connectivity index (χ3n) is 7.80. The number of carbonyl (C=O) groups is 2. The second-order valence-corrected chi connectivity index (χ2v) is 10.4. The number of phenolic OH excluding ortho intramolecular Hbond substituents is 1. The van der Waals surface area contributed by atoms with Gasteiger partial charge in [-0.05, 0) is 73.7 Å². The van der Waals surface area contributed by atoms with Crippen LogP contribution in [0.15, 0.2) is 83.2 Å². The molecule has 0 bridgehead atoms. The molecule has 41 heavy (non-hydrogen) atoms. The highest BCUT2D eigenvalue weighted by Crippen LogP contribution is 2.47. The van der Waals surface area contributed by atoms with Crippen molar-refractivity contribution in [2.75, 3.05) is 26.6 Å². The van der Waals surface area contributed by atoms with Gasteiger partial charge in [0, 0.05) is 40.6 Å². The number of rotatable bonds is 7. The summed E-state index contributed by atoms with van der Waals surface area (Å²) >= 11 is 0. The van der Waals surface area contributed by atoms with E-state index in [1.165, 1.54) is 7.11 Å². The van der Waals surface area contributed by atoms with Gasteiger partial charge >= 0.3 is 0 Å². The van der Waals surface area contributed by atoms with Crippen LogP contribution in [0.1, 0.15) is 48.3 Å². The minimum atomic E-state index is -0.674. The van der Waals surface area contributed by atoms with Crippen LogP contribution in [0.2, 0.25) is 0 Å². The Morgan fingerprint density at radius 1 is 0.854 bits per heavy atom. The van der Waals surface area contributed by atoms with E-state index in [4.69, 9.17) is 14.2 Å². The maximum atomic E-state index is 14.0. The van der Waals surface area contributed by atoms with Gasteiger partial charge in [0.15, 0.2) is 28.8 Å². The number of anilines is 1. The molecule has 2 aliphatic rings. The number of methoxy groups -OCH3 is 3. The predicted molar refractivity (Wildman–Crippen MR) is 157 cm³/mol. The largest absolute Gasteiger partial charge is 0.504 e. The van der Waals surface area contributed by atoms with Crippen LogP contribution in [0.4, 0.5) is 5.69 Å². The summed E-state index contributed by atoms with van der Waals surface area (Å²) in [5.41, 5.74) is 5.70. The lowest BCUT2D eigenvalue weighted by Crippen LogP contribution is -2.37. The highest BCUT2D eigenvalue weighted by molar-refractivity contribution is 6.10. The van der Waals surface area contributed by atoms with E-state index in [-0.39, 0.29) is 29.8 Å². The van der Waals surface area contributed by atoms with Gasteiger partial charge in [-0.1, -0.05) is 29.8 Å². The Kier molecular flexibility index (Phi) is 7.75. The van der Waals surface area contributed by atoms with E-state index in [9.17, 15) is 14.7 Å². The van der Waals surface area contributed by atoms with Crippen molar-refractivity contribution in [3.05, 3.63) is 99.9 Å². The average molecular weight is 555 g/mol. The second-order valence-electron chi connectivity index (χ2n) is 10.4. The van der Waals surface area contributed by atoms with Crippen LogP contribution in [0.3, 0.4) is 0 Å². The summed E-state index contributed by atoms with van der Waals surface area (Å²) in [6.07, 6.45) is 0.833. The molecule has 0 saturated carbocycles. The van der Waals surface area contributed by atoms with Gasteiger partial charge in [0.1, 0.15) is 0 Å². The van der Waals surface area contributed by atoms with Gasteiger partial charge in [-0.15, -0.1) is 0 Å². The standard InChI is InChI=1S/C33H34N2O6/c1-18-6-10-23(11-7-18)35-33(38)30-19(2)34-24-14-22(20-8-13-28(40-4)29(17-20)41-5)16-26(37)32(24)31(30)21-9-12-27(39-3)25(36)15-21/h6-13,15,17,22,31,34,36H,14,16H2,1-5H3,(H,35,38)/t22-,31-/m1/s1. The first-order valence-electron chi connectivity index (χ1n) is 13.4. The third-order valence-corrected chi connectivity index (χ3v) is 7.80. The minimum Gasteiger partial charge on any atom is -0.504 e. The Bertz CT molecular complexity index is 1570. The fourth-order valence-corrected chi connectivity index (χ4v) is 5.74. The fraction of sp³-hybridized carbons (Fsp3) is 0.273. The van der Waals surface area contributed by atoms with Crippen molar-refractivity contribution in [2.45, 2.75) is 38.5 Å². The van der Waals surface area contributed by atoms with E-state index in [0.29, 0.717) is 51.8 Å². The molecule has 5 rings (SSSR count). The number of allylic oxidation sites excluding steroid dienone is 3. The number of aryl methyl sites for hydroxylation is 1. The van der Waals surface area contributed by atoms with E-state index in [1.807, 2.05) is 56.3 Å². The molecule has 3 aromatic rings. The summed E-state index contributed by atoms with van der Waals surface area (Å²) < 4.78 is 16.1. The SMILES string of the molecule is COc1ccc([C@@H]2C(C(=O)Nc3ccc(C)cc3)=C(C)NC3=C2C(=O)C[C@H](c2ccc(OC)c(OC)c2)C3)cc1O. The molecule has 2 atom stereocenters. The number of carbonyl (C=O) groups excluding carboxylic acids is 2. The molecular formula is C33H34N2O6. The van der Waals surface area contributed by atoms with Crippen molar-refractivity contribution in [1.29, 1.82) is 0 Å². The lowest BCUT2D eigenvalue weighted by atomic mass is 9.71. The van der Waals surface area contributed by atoms with Gasteiger partial charge in [-0.25, -0.2) is 0 Å². The zero-order valence-electron chi connectivity index (χ0n) is 23.8. The molecule has 1 aliphatic heterocycles. The monoisotopic (exact) mass is 554 g/mol. The normalized spacial score (nSPS) is 18.4. The summed E-state index contributed by atoms with van der Waals surface area (Å²) in [5.74, 6) is 0.330. The molecule has 1 heterocycles. The molecule has 0 saturated heterocycles. The molecule has 0 radical (unpaired) electrons. The van der Waals surface area contributed by atoms with Crippen LogP contribution in [0, 0.1) is 6.92 Å². The van der Waals surface area contributed by atoms with Crippen molar-refractivity contribution < 1.29 is 28.9 Å². The van der Waals surface area contributed by atoms with Crippen LogP contribution in [0.5, 0.6) is 23.0 Å². The first-order chi connectivity index (χ1) is 19.7. The Morgan fingerprint density at radius 3 is 2.17 bits per heavy atom. The molecule has 3 N–H and O–H groups in total. The number of aromatic hydroxyl groups is 1. The Labute approximate surface area is 239 Å². The van der Waals surface area contributed by atoms with E-state index in [0.717, 1.165) is 16.8 Å². The van der Waals surface area contributed by atoms with Crippen LogP contribution in [-0.4, -0.2) is 38.1 Å². The van der Waals surface area contributed by atoms with Crippen LogP contribution >= 0.6 is 0 Å². The first kappa shape index (κ1) is 27.8. The summed E-state index contributed by atoms with van der Waals surface area (Å²) in [4.78, 5) is 27.8. The number of benzene rings is 3. The minimum absolute atomic E-state index is 0.0620. The zero-order valence-corrected chi connectivity index (χ0v) is 23.8. The summed E-state index contributed by atoms with van der Waals surface area (Å²) in [5, 5.41) is 17.0. The quantitative estimate of drug-likeness (QED) is 0.343. The fourth-order valence-electron chi connectivity index (χ4n) is 5.74. The maximum absolute atomic E-state index is 14.0. The topological polar surface area (TPSA) is 106 Å². The van der Waals surface area contributed by atoms with Crippen LogP contribution in [0.25, 0.3) is 0 Å². The van der Waals surface area contributed by atoms with Gasteiger partial charge < -0.3 is 30.0 Å². The van der Waals surface area contributed by atoms with E-state index < -0.39 is 5.92 Å². The van der Waals surface area contributed by atoms with Gasteiger partial charge in [-0.3, -0.25) is 9.59 Å². The number of dihydropyridines is 1. The van der Waals surface area contributed by atoms with Gasteiger partial charge in [-0.2, -0.15) is 0 Å². The first-order valence-corrected chi connectivity index (χ1v) is 13.4. The molecule has 0 unspecified atom stereocenters. The summed E-state index contributed by atoms with van der Waals surface area (Å²) in [7, 11) is 4.65. The number of amides is 1. The molecule has 3 aromatic carbocycles. The lowest BCUT2D eigenvalue weighted by molar-refractivity contribution is -0.116. The number of hydrogen-bond acceptors (Lipinski definition) is 7. The van der Waals surface area contributed by atoms with Crippen molar-refractivity contribution >= 4 is 17.4 Å². The van der Waals surface area contributed by atoms with Crippen molar-refractivity contribution in [1.82, 2.24) is 5.32 Å². The van der Waals surface area contributed by atoms with Crippen LogP contribution in [-0.2, 0) is 9.59 Å². The second kappa shape index (κ2) is 11.4. The zero-order chi connectivity index (χ0) is 29.3. The molecule has 8 heteroatoms. The number of ether oxygens (including phenoxy) is 3. The highest BCUT2D eigenvalue weighted by atomic mass is 16.5. The summed E-state index contributed by atoms with van der Waals surface area (Å²) in [6.45, 7) is 3.82. The highest BCUT2D eigenvalue weighted by Gasteiger charge is 2.41. The summed E-state index contributed by atoms with van der Waals surface area (Å²) in [6, 6.07) is 18.3. The predicted octanol–water partition coefficient (Wildman–Crippen LogP) is 5.73. The average Bonchev–Trinajstić information content (AvgIpc) is 2.96. The molecule has 0 aromatic heterocycles. The smallest absolute Gasteiger partial charge is 0.254 e. The number of nitrogens with one attached hydrogen (secondary N) is 2. The van der Waals surface area contributed by atoms with Gasteiger partial charge in [0.05, 0.1) is 21.3 Å². The van der Waals surface area contributed by atoms with Gasteiger partial charge in [0.2, 0.25) is 0 Å². The van der Waals surface area contributed by atoms with E-state index >= 15 is 0 Å². The number of hydrogen-bond donors (Lipinski definition) is 3. The molecule has 0 spiro atoms. The lowest BCUT2D eigenvalue weighted by Gasteiger charge is -2.37. The maximum Gasteiger partial charge on any atom is 0.254 e. The Hall–Kier alpha value is -4.72. The number of Topliss-reactive ketones (excluding diaryl/α,β-unsaturated/α-hetero) is 1. The molecular weight excluding hydrogens is 520 g/mol. The molecule has 8 nitrogen and oxygen atoms in total. The van der Waals surface area contributed by atoms with Gasteiger partial charge in [0.25, 0.3) is 5.91 Å². The van der Waals surface area contributed by atoms with E-state index in [1.54, 1.807) is 32.4 Å². The molecule has 0 fully saturated rings. The van der Waals surface area contributed by atoms with Crippen LogP contribution < -0.4 is 24.8 Å². The number of phenols is 1. The van der Waals surface area contributed by atoms with Crippen molar-refractivity contribution in [2.24, 2.45) is 0 Å². The third kappa shape index (κ3) is 5.37. The Morgan fingerprint density at radius 2 is 1.51 bits per heavy atom. The van der Waals surface area contributed by atoms with Crippen molar-refractivity contribution in [3.63, 3.8) is 0 Å². The molecule has 1 amide bonds. The number of ketones is 1. The van der Waals surface area contributed by atoms with Crippen molar-refractivity contribution in [3.8, 4) is 23.0 Å². The Balaban J connectivity index is 1.56. The molecule has 212 valence electrons. The molecule has 1 aliphatic carbocycles.